The van der Waals surface area contributed by atoms with Gasteiger partial charge in [-0.05, 0) is 41.8 Å². The van der Waals surface area contributed by atoms with Gasteiger partial charge in [0.15, 0.2) is 0 Å². The molecule has 0 aliphatic rings. The molecule has 8 heteroatoms. The van der Waals surface area contributed by atoms with Gasteiger partial charge in [-0.2, -0.15) is 0 Å². The van der Waals surface area contributed by atoms with Gasteiger partial charge in [0.2, 0.25) is 16.9 Å². The van der Waals surface area contributed by atoms with E-state index < -0.39 is 6.04 Å². The van der Waals surface area contributed by atoms with Gasteiger partial charge >= 0.3 is 0 Å². The first-order chi connectivity index (χ1) is 15.5. The van der Waals surface area contributed by atoms with Crippen LogP contribution in [0.25, 0.3) is 16.6 Å². The van der Waals surface area contributed by atoms with Gasteiger partial charge in [-0.3, -0.25) is 14.9 Å². The van der Waals surface area contributed by atoms with Crippen LogP contribution in [0.2, 0.25) is 0 Å². The second-order valence-corrected chi connectivity index (χ2v) is 8.22. The van der Waals surface area contributed by atoms with Gasteiger partial charge in [-0.1, -0.05) is 61.9 Å². The predicted octanol–water partition coefficient (Wildman–Crippen LogP) is 4.40. The number of hydrogen-bond donors (Lipinski definition) is 2. The van der Waals surface area contributed by atoms with Crippen molar-refractivity contribution in [1.29, 1.82) is 0 Å². The molecule has 1 heterocycles. The van der Waals surface area contributed by atoms with Crippen LogP contribution >= 0.6 is 11.3 Å². The molecule has 1 aromatic heterocycles. The van der Waals surface area contributed by atoms with Crippen LogP contribution in [0.4, 0.5) is 5.13 Å². The summed E-state index contributed by atoms with van der Waals surface area (Å²) in [5.74, 6) is 0.0435. The molecule has 0 aliphatic carbocycles. The maximum atomic E-state index is 12.9. The second kappa shape index (κ2) is 11.2. The third-order valence-electron chi connectivity index (χ3n) is 5.01. The first-order valence-electron chi connectivity index (χ1n) is 10.3. The topological polar surface area (TPSA) is 93.2 Å². The summed E-state index contributed by atoms with van der Waals surface area (Å²) in [7, 11) is 1.61. The first kappa shape index (κ1) is 23.1. The van der Waals surface area contributed by atoms with Crippen LogP contribution in [-0.2, 0) is 9.59 Å². The number of aromatic nitrogens is 2. The van der Waals surface area contributed by atoms with Crippen molar-refractivity contribution in [2.24, 2.45) is 5.92 Å². The van der Waals surface area contributed by atoms with E-state index in [1.165, 1.54) is 17.4 Å². The van der Waals surface area contributed by atoms with Gasteiger partial charge in [0.1, 0.15) is 16.8 Å². The minimum Gasteiger partial charge on any atom is -0.497 e. The van der Waals surface area contributed by atoms with Crippen molar-refractivity contribution >= 4 is 34.4 Å². The highest BCUT2D eigenvalue weighted by atomic mass is 32.1. The second-order valence-electron chi connectivity index (χ2n) is 7.25. The number of rotatable bonds is 9. The number of methoxy groups -OCH3 is 1. The Kier molecular flexibility index (Phi) is 8.10. The summed E-state index contributed by atoms with van der Waals surface area (Å²) >= 11 is 1.27. The molecule has 3 aromatic rings. The number of carbonyl (C=O) groups excluding carboxylic acids is 2. The molecule has 2 unspecified atom stereocenters. The molecule has 2 aromatic carbocycles. The highest BCUT2D eigenvalue weighted by Gasteiger charge is 2.26. The Morgan fingerprint density at radius 2 is 1.81 bits per heavy atom. The molecule has 7 nitrogen and oxygen atoms in total. The van der Waals surface area contributed by atoms with Crippen LogP contribution in [0.15, 0.2) is 60.7 Å². The number of benzene rings is 2. The van der Waals surface area contributed by atoms with Gasteiger partial charge < -0.3 is 10.1 Å². The summed E-state index contributed by atoms with van der Waals surface area (Å²) < 4.78 is 5.17. The molecule has 3 rings (SSSR count). The number of amides is 2. The minimum atomic E-state index is -0.693. The van der Waals surface area contributed by atoms with Crippen LogP contribution in [0.5, 0.6) is 5.75 Å². The van der Waals surface area contributed by atoms with Crippen molar-refractivity contribution in [1.82, 2.24) is 15.5 Å². The normalized spacial score (nSPS) is 12.8. The highest BCUT2D eigenvalue weighted by molar-refractivity contribution is 7.18. The van der Waals surface area contributed by atoms with Crippen molar-refractivity contribution in [3.8, 4) is 16.3 Å². The zero-order valence-electron chi connectivity index (χ0n) is 18.2. The maximum Gasteiger partial charge on any atom is 0.249 e. The summed E-state index contributed by atoms with van der Waals surface area (Å²) in [6, 6.07) is 16.3. The van der Waals surface area contributed by atoms with Crippen molar-refractivity contribution < 1.29 is 14.3 Å². The summed E-state index contributed by atoms with van der Waals surface area (Å²) in [6.45, 7) is 3.90. The van der Waals surface area contributed by atoms with Gasteiger partial charge in [0.05, 0.1) is 7.11 Å². The van der Waals surface area contributed by atoms with E-state index in [0.717, 1.165) is 23.3 Å². The van der Waals surface area contributed by atoms with Gasteiger partial charge in [0.25, 0.3) is 0 Å². The number of hydrogen-bond acceptors (Lipinski definition) is 6. The number of nitrogens with one attached hydrogen (secondary N) is 2. The van der Waals surface area contributed by atoms with Crippen LogP contribution in [0.1, 0.15) is 25.8 Å². The van der Waals surface area contributed by atoms with Crippen LogP contribution in [0, 0.1) is 5.92 Å². The molecule has 0 radical (unpaired) electrons. The number of carbonyl (C=O) groups is 2. The van der Waals surface area contributed by atoms with Crippen molar-refractivity contribution in [2.45, 2.75) is 26.3 Å². The number of anilines is 1. The van der Waals surface area contributed by atoms with Gasteiger partial charge in [-0.15, -0.1) is 10.2 Å². The Morgan fingerprint density at radius 1 is 1.09 bits per heavy atom. The lowest BCUT2D eigenvalue weighted by Gasteiger charge is -2.22. The SMILES string of the molecule is CCC(C)C(NC(=O)/C=C/c1ccccc1)C(=O)Nc1nnc(-c2ccc(OC)cc2)s1. The largest absolute Gasteiger partial charge is 0.497 e. The summed E-state index contributed by atoms with van der Waals surface area (Å²) in [6.07, 6.45) is 3.88. The summed E-state index contributed by atoms with van der Waals surface area (Å²) in [5, 5.41) is 14.9. The molecule has 2 atom stereocenters. The molecule has 0 fully saturated rings. The summed E-state index contributed by atoms with van der Waals surface area (Å²) in [5.41, 5.74) is 1.79. The fourth-order valence-corrected chi connectivity index (χ4v) is 3.70. The Balaban J connectivity index is 1.66. The molecule has 2 amide bonds. The molecule has 0 bridgehead atoms. The van der Waals surface area contributed by atoms with E-state index in [0.29, 0.717) is 10.1 Å². The predicted molar refractivity (Wildman–Crippen MR) is 127 cm³/mol. The molecule has 0 saturated heterocycles. The molecular weight excluding hydrogens is 424 g/mol. The number of nitrogens with zero attached hydrogens (tertiary/aromatic N) is 2. The molecule has 0 saturated carbocycles. The Hall–Kier alpha value is -3.52. The lowest BCUT2D eigenvalue weighted by atomic mass is 9.98. The van der Waals surface area contributed by atoms with Crippen molar-refractivity contribution in [2.75, 3.05) is 12.4 Å². The van der Waals surface area contributed by atoms with E-state index in [9.17, 15) is 9.59 Å². The van der Waals surface area contributed by atoms with Crippen LogP contribution < -0.4 is 15.4 Å². The molecule has 32 heavy (non-hydrogen) atoms. The van der Waals surface area contributed by atoms with Gasteiger partial charge in [-0.25, -0.2) is 0 Å². The molecular formula is C24H26N4O3S. The molecule has 0 spiro atoms. The molecule has 166 valence electrons. The summed E-state index contributed by atoms with van der Waals surface area (Å²) in [4.78, 5) is 25.4. The smallest absolute Gasteiger partial charge is 0.249 e. The molecule has 2 N–H and O–H groups in total. The van der Waals surface area contributed by atoms with Crippen molar-refractivity contribution in [3.63, 3.8) is 0 Å². The molecule has 0 aliphatic heterocycles. The van der Waals surface area contributed by atoms with E-state index >= 15 is 0 Å². The first-order valence-corrected chi connectivity index (χ1v) is 11.1. The lowest BCUT2D eigenvalue weighted by molar-refractivity contribution is -0.125. The van der Waals surface area contributed by atoms with Crippen molar-refractivity contribution in [3.05, 3.63) is 66.2 Å². The number of ether oxygens (including phenoxy) is 1. The fraction of sp³-hybridized carbons (Fsp3) is 0.250. The van der Waals surface area contributed by atoms with E-state index in [2.05, 4.69) is 20.8 Å². The zero-order chi connectivity index (χ0) is 22.9. The lowest BCUT2D eigenvalue weighted by Crippen LogP contribution is -2.47. The zero-order valence-corrected chi connectivity index (χ0v) is 19.1. The van der Waals surface area contributed by atoms with E-state index in [-0.39, 0.29) is 17.7 Å². The third-order valence-corrected chi connectivity index (χ3v) is 5.90. The fourth-order valence-electron chi connectivity index (χ4n) is 2.95. The van der Waals surface area contributed by atoms with E-state index in [4.69, 9.17) is 4.74 Å². The monoisotopic (exact) mass is 450 g/mol. The van der Waals surface area contributed by atoms with E-state index in [1.54, 1.807) is 13.2 Å². The maximum absolute atomic E-state index is 12.9. The minimum absolute atomic E-state index is 0.0574. The Bertz CT molecular complexity index is 1060. The van der Waals surface area contributed by atoms with E-state index in [1.807, 2.05) is 68.4 Å². The quantitative estimate of drug-likeness (QED) is 0.472. The van der Waals surface area contributed by atoms with Gasteiger partial charge in [0, 0.05) is 11.6 Å². The standard InChI is InChI=1S/C24H26N4O3S/c1-4-16(2)21(25-20(29)15-10-17-8-6-5-7-9-17)22(30)26-24-28-27-23(32-24)18-11-13-19(31-3)14-12-18/h5-16,21H,4H2,1-3H3,(H,25,29)(H,26,28,30)/b15-10+. The average molecular weight is 451 g/mol. The Labute approximate surface area is 191 Å². The Morgan fingerprint density at radius 3 is 2.47 bits per heavy atom. The third kappa shape index (κ3) is 6.24. The van der Waals surface area contributed by atoms with Crippen LogP contribution in [0.3, 0.4) is 0 Å². The highest BCUT2D eigenvalue weighted by Crippen LogP contribution is 2.28. The average Bonchev–Trinajstić information content (AvgIpc) is 3.29. The van der Waals surface area contributed by atoms with Crippen LogP contribution in [-0.4, -0.2) is 35.2 Å².